The van der Waals surface area contributed by atoms with Crippen LogP contribution in [0, 0.1) is 11.7 Å². The number of halogens is 1. The number of amides is 2. The second-order valence-corrected chi connectivity index (χ2v) is 9.52. The highest BCUT2D eigenvalue weighted by atomic mass is 19.1. The molecule has 1 aliphatic heterocycles. The molecule has 0 aliphatic carbocycles. The Hall–Kier alpha value is -3.13. The van der Waals surface area contributed by atoms with Crippen LogP contribution in [-0.2, 0) is 17.9 Å². The predicted octanol–water partition coefficient (Wildman–Crippen LogP) is 4.59. The van der Waals surface area contributed by atoms with Crippen molar-refractivity contribution in [1.82, 2.24) is 15.1 Å². The van der Waals surface area contributed by atoms with E-state index in [2.05, 4.69) is 31.1 Å². The van der Waals surface area contributed by atoms with Crippen molar-refractivity contribution in [2.75, 3.05) is 26.7 Å². The van der Waals surface area contributed by atoms with Gasteiger partial charge in [-0.2, -0.15) is 0 Å². The Morgan fingerprint density at radius 3 is 2.46 bits per heavy atom. The molecular weight excluding hydrogens is 449 g/mol. The van der Waals surface area contributed by atoms with E-state index in [-0.39, 0.29) is 24.4 Å². The minimum atomic E-state index is -0.534. The summed E-state index contributed by atoms with van der Waals surface area (Å²) in [7, 11) is 2.06. The van der Waals surface area contributed by atoms with Gasteiger partial charge in [0.2, 0.25) is 0 Å². The molecule has 0 spiro atoms. The van der Waals surface area contributed by atoms with Crippen LogP contribution >= 0.6 is 0 Å². The standard InChI is InChI=1S/C27H36FN3O4/c1-19(2)18-34-25-9-5-21(6-10-25)16-29-27(33)31(24-11-13-30(4)14-12-24)17-22-7-8-23(28)15-26(22)35-20(3)32/h5-10,15,19,24H,11-14,16-18H2,1-4H3,(H,29,33). The minimum Gasteiger partial charge on any atom is -0.493 e. The summed E-state index contributed by atoms with van der Waals surface area (Å²) >= 11 is 0. The van der Waals surface area contributed by atoms with E-state index in [1.807, 2.05) is 24.3 Å². The van der Waals surface area contributed by atoms with Crippen LogP contribution in [0.5, 0.6) is 11.5 Å². The predicted molar refractivity (Wildman–Crippen MR) is 133 cm³/mol. The molecular formula is C27H36FN3O4. The first-order chi connectivity index (χ1) is 16.7. The third kappa shape index (κ3) is 8.24. The third-order valence-corrected chi connectivity index (χ3v) is 5.96. The smallest absolute Gasteiger partial charge is 0.318 e. The number of carbonyl (C=O) groups is 2. The van der Waals surface area contributed by atoms with Gasteiger partial charge in [-0.15, -0.1) is 0 Å². The van der Waals surface area contributed by atoms with E-state index in [9.17, 15) is 14.0 Å². The second kappa shape index (κ2) is 12.5. The molecule has 1 saturated heterocycles. The number of urea groups is 1. The molecule has 190 valence electrons. The SMILES string of the molecule is CC(=O)Oc1cc(F)ccc1CN(C(=O)NCc1ccc(OCC(C)C)cc1)C1CCN(C)CC1. The lowest BCUT2D eigenvalue weighted by Crippen LogP contribution is -2.49. The number of carbonyl (C=O) groups excluding carboxylic acids is 2. The first kappa shape index (κ1) is 26.5. The molecule has 1 N–H and O–H groups in total. The zero-order valence-electron chi connectivity index (χ0n) is 21.1. The molecule has 0 bridgehead atoms. The van der Waals surface area contributed by atoms with Crippen LogP contribution in [0.15, 0.2) is 42.5 Å². The maximum absolute atomic E-state index is 13.8. The molecule has 1 fully saturated rings. The van der Waals surface area contributed by atoms with Crippen LogP contribution in [0.25, 0.3) is 0 Å². The Balaban J connectivity index is 1.71. The van der Waals surface area contributed by atoms with E-state index < -0.39 is 11.8 Å². The van der Waals surface area contributed by atoms with Gasteiger partial charge in [0.1, 0.15) is 17.3 Å². The van der Waals surface area contributed by atoms with Crippen LogP contribution in [0.4, 0.5) is 9.18 Å². The van der Waals surface area contributed by atoms with Crippen molar-refractivity contribution >= 4 is 12.0 Å². The highest BCUT2D eigenvalue weighted by molar-refractivity contribution is 5.75. The molecule has 7 nitrogen and oxygen atoms in total. The molecule has 3 rings (SSSR count). The molecule has 8 heteroatoms. The molecule has 0 radical (unpaired) electrons. The number of rotatable bonds is 9. The van der Waals surface area contributed by atoms with E-state index in [0.29, 0.717) is 24.6 Å². The molecule has 2 aromatic carbocycles. The van der Waals surface area contributed by atoms with Crippen LogP contribution in [0.3, 0.4) is 0 Å². The number of nitrogens with zero attached hydrogens (tertiary/aromatic N) is 2. The zero-order valence-corrected chi connectivity index (χ0v) is 21.1. The van der Waals surface area contributed by atoms with Crippen LogP contribution < -0.4 is 14.8 Å². The maximum Gasteiger partial charge on any atom is 0.318 e. The van der Waals surface area contributed by atoms with E-state index in [1.54, 1.807) is 11.0 Å². The molecule has 1 heterocycles. The van der Waals surface area contributed by atoms with E-state index >= 15 is 0 Å². The fraction of sp³-hybridized carbons (Fsp3) is 0.481. The molecule has 0 aromatic heterocycles. The van der Waals surface area contributed by atoms with Gasteiger partial charge in [-0.05, 0) is 62.7 Å². The molecule has 0 saturated carbocycles. The van der Waals surface area contributed by atoms with Crippen molar-refractivity contribution in [3.63, 3.8) is 0 Å². The van der Waals surface area contributed by atoms with E-state index in [4.69, 9.17) is 9.47 Å². The Labute approximate surface area is 207 Å². The average molecular weight is 486 g/mol. The molecule has 0 unspecified atom stereocenters. The first-order valence-corrected chi connectivity index (χ1v) is 12.1. The minimum absolute atomic E-state index is 0.0215. The number of piperidine rings is 1. The Morgan fingerprint density at radius 2 is 1.83 bits per heavy atom. The number of ether oxygens (including phenoxy) is 2. The van der Waals surface area contributed by atoms with Crippen molar-refractivity contribution in [2.24, 2.45) is 5.92 Å². The summed E-state index contributed by atoms with van der Waals surface area (Å²) in [6.45, 7) is 8.47. The third-order valence-electron chi connectivity index (χ3n) is 5.96. The van der Waals surface area contributed by atoms with Gasteiger partial charge >= 0.3 is 12.0 Å². The van der Waals surface area contributed by atoms with Gasteiger partial charge in [0.25, 0.3) is 0 Å². The Bertz CT molecular complexity index is 988. The molecule has 2 aromatic rings. The maximum atomic E-state index is 13.8. The highest BCUT2D eigenvalue weighted by Gasteiger charge is 2.28. The summed E-state index contributed by atoms with van der Waals surface area (Å²) in [5.74, 6) is 0.354. The summed E-state index contributed by atoms with van der Waals surface area (Å²) in [6, 6.07) is 11.6. The number of hydrogen-bond acceptors (Lipinski definition) is 5. The highest BCUT2D eigenvalue weighted by Crippen LogP contribution is 2.25. The molecule has 2 amide bonds. The number of hydrogen-bond donors (Lipinski definition) is 1. The Kier molecular flexibility index (Phi) is 9.48. The van der Waals surface area contributed by atoms with Crippen LogP contribution in [-0.4, -0.2) is 54.6 Å². The quantitative estimate of drug-likeness (QED) is 0.416. The van der Waals surface area contributed by atoms with Gasteiger partial charge in [-0.3, -0.25) is 4.79 Å². The van der Waals surface area contributed by atoms with Crippen molar-refractivity contribution in [1.29, 1.82) is 0 Å². The number of benzene rings is 2. The summed E-state index contributed by atoms with van der Waals surface area (Å²) in [5, 5.41) is 3.02. The first-order valence-electron chi connectivity index (χ1n) is 12.1. The topological polar surface area (TPSA) is 71.1 Å². The summed E-state index contributed by atoms with van der Waals surface area (Å²) in [5.41, 5.74) is 1.54. The lowest BCUT2D eigenvalue weighted by Gasteiger charge is -2.37. The number of nitrogens with one attached hydrogen (secondary N) is 1. The van der Waals surface area contributed by atoms with Gasteiger partial charge in [-0.25, -0.2) is 9.18 Å². The van der Waals surface area contributed by atoms with Gasteiger partial charge in [0.15, 0.2) is 0 Å². The fourth-order valence-electron chi connectivity index (χ4n) is 4.01. The summed E-state index contributed by atoms with van der Waals surface area (Å²) in [4.78, 5) is 28.9. The Morgan fingerprint density at radius 1 is 1.14 bits per heavy atom. The van der Waals surface area contributed by atoms with Gasteiger partial charge < -0.3 is 24.6 Å². The van der Waals surface area contributed by atoms with Gasteiger partial charge in [0.05, 0.1) is 13.2 Å². The summed E-state index contributed by atoms with van der Waals surface area (Å²) < 4.78 is 24.8. The van der Waals surface area contributed by atoms with E-state index in [0.717, 1.165) is 37.2 Å². The fourth-order valence-corrected chi connectivity index (χ4v) is 4.01. The number of esters is 1. The van der Waals surface area contributed by atoms with Gasteiger partial charge in [0, 0.05) is 31.1 Å². The van der Waals surface area contributed by atoms with Crippen molar-refractivity contribution in [3.05, 3.63) is 59.4 Å². The molecule has 0 atom stereocenters. The van der Waals surface area contributed by atoms with Crippen molar-refractivity contribution in [2.45, 2.75) is 52.7 Å². The van der Waals surface area contributed by atoms with Crippen LogP contribution in [0.1, 0.15) is 44.7 Å². The lowest BCUT2D eigenvalue weighted by atomic mass is 10.0. The average Bonchev–Trinajstić information content (AvgIpc) is 2.82. The van der Waals surface area contributed by atoms with Crippen molar-refractivity contribution in [3.8, 4) is 11.5 Å². The zero-order chi connectivity index (χ0) is 25.4. The molecule has 1 aliphatic rings. The largest absolute Gasteiger partial charge is 0.493 e. The van der Waals surface area contributed by atoms with Gasteiger partial charge in [-0.1, -0.05) is 32.0 Å². The lowest BCUT2D eigenvalue weighted by molar-refractivity contribution is -0.131. The van der Waals surface area contributed by atoms with Crippen molar-refractivity contribution < 1.29 is 23.5 Å². The number of likely N-dealkylation sites (tertiary alicyclic amines) is 1. The van der Waals surface area contributed by atoms with E-state index in [1.165, 1.54) is 19.1 Å². The molecule has 35 heavy (non-hydrogen) atoms. The van der Waals surface area contributed by atoms with Crippen LogP contribution in [0.2, 0.25) is 0 Å². The summed E-state index contributed by atoms with van der Waals surface area (Å²) in [6.07, 6.45) is 1.66. The normalized spacial score (nSPS) is 14.6. The second-order valence-electron chi connectivity index (χ2n) is 9.52. The monoisotopic (exact) mass is 485 g/mol.